The summed E-state index contributed by atoms with van der Waals surface area (Å²) in [5.41, 5.74) is 1.18. The molecule has 2 rings (SSSR count). The predicted molar refractivity (Wildman–Crippen MR) is 66.9 cm³/mol. The first-order chi connectivity index (χ1) is 7.99. The minimum absolute atomic E-state index is 0.0977. The first kappa shape index (κ1) is 12.2. The van der Waals surface area contributed by atoms with Crippen molar-refractivity contribution >= 4 is 17.4 Å². The Morgan fingerprint density at radius 3 is 2.94 bits per heavy atom. The molecule has 0 aliphatic carbocycles. The molecule has 0 aromatic carbocycles. The second kappa shape index (κ2) is 4.56. The van der Waals surface area contributed by atoms with Gasteiger partial charge < -0.3 is 9.84 Å². The van der Waals surface area contributed by atoms with E-state index in [1.54, 1.807) is 11.3 Å². The Bertz CT molecular complexity index is 427. The van der Waals surface area contributed by atoms with Crippen LogP contribution in [-0.2, 0) is 6.54 Å². The van der Waals surface area contributed by atoms with Crippen LogP contribution in [0.4, 0.5) is 4.79 Å². The molecule has 1 amide bonds. The van der Waals surface area contributed by atoms with Crippen molar-refractivity contribution in [3.05, 3.63) is 15.8 Å². The van der Waals surface area contributed by atoms with E-state index in [1.165, 1.54) is 10.5 Å². The Balaban J connectivity index is 2.35. The number of carboxylic acid groups (broad SMARTS) is 1. The summed E-state index contributed by atoms with van der Waals surface area (Å²) in [6, 6.07) is 0. The Labute approximate surface area is 105 Å². The Hall–Kier alpha value is -1.23. The van der Waals surface area contributed by atoms with E-state index in [0.29, 0.717) is 19.0 Å². The molecular weight excluding hydrogens is 238 g/mol. The van der Waals surface area contributed by atoms with Gasteiger partial charge in [0.1, 0.15) is 11.9 Å². The van der Waals surface area contributed by atoms with Gasteiger partial charge in [0.2, 0.25) is 0 Å². The van der Waals surface area contributed by atoms with Crippen molar-refractivity contribution in [1.82, 2.24) is 4.90 Å². The molecule has 1 aliphatic heterocycles. The molecule has 94 valence electrons. The van der Waals surface area contributed by atoms with Crippen molar-refractivity contribution in [1.29, 1.82) is 0 Å². The van der Waals surface area contributed by atoms with Crippen LogP contribution in [0.2, 0.25) is 0 Å². The molecule has 0 saturated carbocycles. The van der Waals surface area contributed by atoms with Gasteiger partial charge in [-0.2, -0.15) is 0 Å². The summed E-state index contributed by atoms with van der Waals surface area (Å²) < 4.78 is 5.88. The zero-order chi connectivity index (χ0) is 12.6. The monoisotopic (exact) mass is 255 g/mol. The van der Waals surface area contributed by atoms with Gasteiger partial charge in [0.15, 0.2) is 0 Å². The van der Waals surface area contributed by atoms with E-state index in [2.05, 4.69) is 19.2 Å². The molecule has 1 N–H and O–H groups in total. The van der Waals surface area contributed by atoms with E-state index in [0.717, 1.165) is 10.6 Å². The van der Waals surface area contributed by atoms with Crippen LogP contribution in [0.1, 0.15) is 37.1 Å². The summed E-state index contributed by atoms with van der Waals surface area (Å²) in [5, 5.41) is 11.2. The molecule has 0 radical (unpaired) electrons. The maximum absolute atomic E-state index is 11.1. The molecule has 1 aromatic heterocycles. The lowest BCUT2D eigenvalue weighted by atomic mass is 10.1. The summed E-state index contributed by atoms with van der Waals surface area (Å²) in [4.78, 5) is 13.5. The lowest BCUT2D eigenvalue weighted by molar-refractivity contribution is 0.121. The summed E-state index contributed by atoms with van der Waals surface area (Å²) >= 11 is 1.59. The highest BCUT2D eigenvalue weighted by atomic mass is 32.1. The average Bonchev–Trinajstić information content (AvgIpc) is 2.52. The highest BCUT2D eigenvalue weighted by Crippen LogP contribution is 2.38. The number of hydrogen-bond donors (Lipinski definition) is 1. The second-order valence-electron chi connectivity index (χ2n) is 4.69. The van der Waals surface area contributed by atoms with Gasteiger partial charge in [0.05, 0.1) is 18.0 Å². The van der Waals surface area contributed by atoms with E-state index in [4.69, 9.17) is 9.84 Å². The smallest absolute Gasteiger partial charge is 0.407 e. The zero-order valence-electron chi connectivity index (χ0n) is 10.3. The molecule has 5 heteroatoms. The second-order valence-corrected chi connectivity index (χ2v) is 5.65. The Morgan fingerprint density at radius 2 is 2.35 bits per heavy atom. The lowest BCUT2D eigenvalue weighted by Gasteiger charge is -2.18. The van der Waals surface area contributed by atoms with Gasteiger partial charge in [0, 0.05) is 5.56 Å². The Kier molecular flexibility index (Phi) is 3.28. The number of amides is 1. The minimum Gasteiger partial charge on any atom is -0.487 e. The van der Waals surface area contributed by atoms with Crippen LogP contribution >= 0.6 is 11.3 Å². The maximum atomic E-state index is 11.1. The van der Waals surface area contributed by atoms with Crippen LogP contribution < -0.4 is 4.74 Å². The molecule has 0 spiro atoms. The van der Waals surface area contributed by atoms with E-state index in [-0.39, 0.29) is 6.10 Å². The molecule has 0 unspecified atom stereocenters. The van der Waals surface area contributed by atoms with Crippen LogP contribution in [0.3, 0.4) is 0 Å². The third kappa shape index (κ3) is 2.39. The topological polar surface area (TPSA) is 49.8 Å². The summed E-state index contributed by atoms with van der Waals surface area (Å²) in [7, 11) is 0. The normalized spacial score (nSPS) is 19.8. The first-order valence-electron chi connectivity index (χ1n) is 5.73. The third-order valence-electron chi connectivity index (χ3n) is 2.87. The standard InChI is InChI=1S/C12H17NO3S/c1-7(2)9-6-17-10-5-13(12(14)15)4-8(3)16-11(9)10/h6-8H,4-5H2,1-3H3,(H,14,15)/t8-/m0/s1. The fourth-order valence-electron chi connectivity index (χ4n) is 1.98. The van der Waals surface area contributed by atoms with Gasteiger partial charge in [-0.15, -0.1) is 11.3 Å². The van der Waals surface area contributed by atoms with E-state index in [1.807, 2.05) is 6.92 Å². The fraction of sp³-hybridized carbons (Fsp3) is 0.583. The van der Waals surface area contributed by atoms with Crippen LogP contribution in [0.5, 0.6) is 5.75 Å². The summed E-state index contributed by atoms with van der Waals surface area (Å²) in [6.07, 6.45) is -0.979. The SMILES string of the molecule is CC(C)c1csc2c1O[C@@H](C)CN(C(=O)O)C2. The lowest BCUT2D eigenvalue weighted by Crippen LogP contribution is -2.34. The molecule has 2 heterocycles. The van der Waals surface area contributed by atoms with Gasteiger partial charge in [-0.3, -0.25) is 4.90 Å². The quantitative estimate of drug-likeness (QED) is 0.838. The largest absolute Gasteiger partial charge is 0.487 e. The Morgan fingerprint density at radius 1 is 1.65 bits per heavy atom. The number of nitrogens with zero attached hydrogens (tertiary/aromatic N) is 1. The van der Waals surface area contributed by atoms with E-state index < -0.39 is 6.09 Å². The highest BCUT2D eigenvalue weighted by molar-refractivity contribution is 7.10. The van der Waals surface area contributed by atoms with E-state index >= 15 is 0 Å². The molecule has 4 nitrogen and oxygen atoms in total. The molecule has 1 aromatic rings. The average molecular weight is 255 g/mol. The van der Waals surface area contributed by atoms with Gasteiger partial charge >= 0.3 is 6.09 Å². The minimum atomic E-state index is -0.882. The van der Waals surface area contributed by atoms with Gasteiger partial charge in [-0.25, -0.2) is 4.79 Å². The maximum Gasteiger partial charge on any atom is 0.407 e. The number of fused-ring (bicyclic) bond motifs is 1. The molecule has 0 bridgehead atoms. The fourth-order valence-corrected chi connectivity index (χ4v) is 3.13. The van der Waals surface area contributed by atoms with Crippen molar-refractivity contribution < 1.29 is 14.6 Å². The summed E-state index contributed by atoms with van der Waals surface area (Å²) in [6.45, 7) is 7.01. The third-order valence-corrected chi connectivity index (χ3v) is 3.84. The molecule has 0 fully saturated rings. The van der Waals surface area contributed by atoms with Gasteiger partial charge in [0.25, 0.3) is 0 Å². The van der Waals surface area contributed by atoms with Crippen LogP contribution in [0, 0.1) is 0 Å². The van der Waals surface area contributed by atoms with Gasteiger partial charge in [-0.05, 0) is 18.2 Å². The first-order valence-corrected chi connectivity index (χ1v) is 6.61. The number of hydrogen-bond acceptors (Lipinski definition) is 3. The van der Waals surface area contributed by atoms with Gasteiger partial charge in [-0.1, -0.05) is 13.8 Å². The molecule has 1 atom stereocenters. The zero-order valence-corrected chi connectivity index (χ0v) is 11.1. The molecular formula is C12H17NO3S. The number of ether oxygens (including phenoxy) is 1. The predicted octanol–water partition coefficient (Wildman–Crippen LogP) is 3.13. The number of rotatable bonds is 1. The van der Waals surface area contributed by atoms with Crippen molar-refractivity contribution in [2.45, 2.75) is 39.3 Å². The van der Waals surface area contributed by atoms with Crippen LogP contribution in [0.25, 0.3) is 0 Å². The molecule has 1 aliphatic rings. The van der Waals surface area contributed by atoms with Crippen molar-refractivity contribution in [3.63, 3.8) is 0 Å². The number of thiophene rings is 1. The number of carbonyl (C=O) groups is 1. The van der Waals surface area contributed by atoms with Crippen LogP contribution in [0.15, 0.2) is 5.38 Å². The highest BCUT2D eigenvalue weighted by Gasteiger charge is 2.27. The van der Waals surface area contributed by atoms with E-state index in [9.17, 15) is 4.79 Å². The summed E-state index contributed by atoms with van der Waals surface area (Å²) in [5.74, 6) is 1.31. The van der Waals surface area contributed by atoms with Crippen molar-refractivity contribution in [2.75, 3.05) is 6.54 Å². The van der Waals surface area contributed by atoms with Crippen LogP contribution in [-0.4, -0.2) is 28.7 Å². The van der Waals surface area contributed by atoms with Crippen molar-refractivity contribution in [2.24, 2.45) is 0 Å². The van der Waals surface area contributed by atoms with Crippen molar-refractivity contribution in [3.8, 4) is 5.75 Å². The molecule has 0 saturated heterocycles. The molecule has 17 heavy (non-hydrogen) atoms.